The fourth-order valence-corrected chi connectivity index (χ4v) is 1.79. The van der Waals surface area contributed by atoms with Crippen LogP contribution in [-0.2, 0) is 9.31 Å². The lowest BCUT2D eigenvalue weighted by molar-refractivity contribution is 0.00578. The molecule has 19 heavy (non-hydrogen) atoms. The van der Waals surface area contributed by atoms with Gasteiger partial charge < -0.3 is 9.31 Å². The van der Waals surface area contributed by atoms with Crippen molar-refractivity contribution in [2.24, 2.45) is 0 Å². The van der Waals surface area contributed by atoms with E-state index in [0.29, 0.717) is 5.56 Å². The van der Waals surface area contributed by atoms with Crippen molar-refractivity contribution in [3.8, 4) is 0 Å². The van der Waals surface area contributed by atoms with E-state index in [-0.39, 0.29) is 0 Å². The number of hydrogen-bond acceptors (Lipinski definition) is 2. The van der Waals surface area contributed by atoms with Gasteiger partial charge in [0.05, 0.1) is 11.2 Å². The van der Waals surface area contributed by atoms with Crippen LogP contribution in [0.5, 0.6) is 0 Å². The molecule has 1 aliphatic heterocycles. The third kappa shape index (κ3) is 2.87. The highest BCUT2D eigenvalue weighted by molar-refractivity contribution is 6.52. The molecule has 0 N–H and O–H groups in total. The normalized spacial score (nSPS) is 21.3. The average Bonchev–Trinajstić information content (AvgIpc) is 2.46. The Hall–Kier alpha value is -1.20. The molecule has 0 bridgehead atoms. The zero-order chi connectivity index (χ0) is 14.3. The Kier molecular flexibility index (Phi) is 3.54. The minimum absolute atomic E-state index is 0.302. The SMILES string of the molecule is CC1(C)OB(/C=C/c2ccc(F)cc2F)OC1(C)C. The minimum atomic E-state index is -0.604. The smallest absolute Gasteiger partial charge is 0.400 e. The Morgan fingerprint density at radius 2 is 1.63 bits per heavy atom. The van der Waals surface area contributed by atoms with Crippen molar-refractivity contribution >= 4 is 13.2 Å². The molecule has 1 aliphatic rings. The fourth-order valence-electron chi connectivity index (χ4n) is 1.79. The number of hydrogen-bond donors (Lipinski definition) is 0. The van der Waals surface area contributed by atoms with Crippen molar-refractivity contribution in [1.29, 1.82) is 0 Å². The summed E-state index contributed by atoms with van der Waals surface area (Å²) >= 11 is 0. The maximum absolute atomic E-state index is 13.5. The van der Waals surface area contributed by atoms with Gasteiger partial charge in [-0.05, 0) is 39.8 Å². The second-order valence-corrected chi connectivity index (χ2v) is 5.65. The van der Waals surface area contributed by atoms with Crippen LogP contribution in [0.3, 0.4) is 0 Å². The first-order chi connectivity index (χ1) is 8.71. The summed E-state index contributed by atoms with van der Waals surface area (Å²) in [5, 5.41) is 0. The van der Waals surface area contributed by atoms with E-state index in [1.54, 1.807) is 5.98 Å². The predicted molar refractivity (Wildman–Crippen MR) is 71.5 cm³/mol. The molecule has 0 atom stereocenters. The maximum atomic E-state index is 13.5. The predicted octanol–water partition coefficient (Wildman–Crippen LogP) is 3.61. The van der Waals surface area contributed by atoms with E-state index >= 15 is 0 Å². The monoisotopic (exact) mass is 266 g/mol. The number of benzene rings is 1. The number of rotatable bonds is 2. The van der Waals surface area contributed by atoms with E-state index in [9.17, 15) is 8.78 Å². The second-order valence-electron chi connectivity index (χ2n) is 5.65. The maximum Gasteiger partial charge on any atom is 0.487 e. The highest BCUT2D eigenvalue weighted by atomic mass is 19.1. The molecule has 0 radical (unpaired) electrons. The Labute approximate surface area is 112 Å². The molecule has 0 amide bonds. The Bertz CT molecular complexity index is 496. The lowest BCUT2D eigenvalue weighted by atomic mass is 9.89. The Morgan fingerprint density at radius 3 is 2.16 bits per heavy atom. The largest absolute Gasteiger partial charge is 0.487 e. The summed E-state index contributed by atoms with van der Waals surface area (Å²) in [5.74, 6) is 0.436. The van der Waals surface area contributed by atoms with Crippen LogP contribution in [0, 0.1) is 11.6 Å². The molecule has 1 heterocycles. The van der Waals surface area contributed by atoms with Crippen LogP contribution in [0.15, 0.2) is 24.2 Å². The average molecular weight is 266 g/mol. The van der Waals surface area contributed by atoms with Crippen molar-refractivity contribution in [1.82, 2.24) is 0 Å². The summed E-state index contributed by atoms with van der Waals surface area (Å²) in [5.41, 5.74) is -0.553. The minimum Gasteiger partial charge on any atom is -0.400 e. The molecule has 2 rings (SSSR count). The highest BCUT2D eigenvalue weighted by Crippen LogP contribution is 2.37. The van der Waals surface area contributed by atoms with E-state index in [4.69, 9.17) is 9.31 Å². The van der Waals surface area contributed by atoms with Crippen LogP contribution in [0.2, 0.25) is 0 Å². The molecular formula is C14H17BF2O2. The molecule has 0 aromatic heterocycles. The van der Waals surface area contributed by atoms with Crippen molar-refractivity contribution in [3.05, 3.63) is 41.4 Å². The molecule has 0 aliphatic carbocycles. The third-order valence-corrected chi connectivity index (χ3v) is 3.67. The molecule has 1 fully saturated rings. The van der Waals surface area contributed by atoms with Crippen LogP contribution in [0.1, 0.15) is 33.3 Å². The van der Waals surface area contributed by atoms with Crippen LogP contribution in [0.4, 0.5) is 8.78 Å². The van der Waals surface area contributed by atoms with Gasteiger partial charge in [-0.25, -0.2) is 8.78 Å². The lowest BCUT2D eigenvalue weighted by Gasteiger charge is -2.32. The molecular weight excluding hydrogens is 249 g/mol. The lowest BCUT2D eigenvalue weighted by Crippen LogP contribution is -2.41. The Morgan fingerprint density at radius 1 is 1.05 bits per heavy atom. The molecule has 1 aromatic carbocycles. The summed E-state index contributed by atoms with van der Waals surface area (Å²) in [6, 6.07) is 3.45. The molecule has 102 valence electrons. The molecule has 2 nitrogen and oxygen atoms in total. The summed E-state index contributed by atoms with van der Waals surface area (Å²) in [6.45, 7) is 7.78. The first-order valence-corrected chi connectivity index (χ1v) is 6.20. The van der Waals surface area contributed by atoms with E-state index in [2.05, 4.69) is 0 Å². The van der Waals surface area contributed by atoms with Crippen molar-refractivity contribution < 1.29 is 18.1 Å². The van der Waals surface area contributed by atoms with Gasteiger partial charge in [-0.2, -0.15) is 0 Å². The van der Waals surface area contributed by atoms with Crippen molar-refractivity contribution in [2.45, 2.75) is 38.9 Å². The van der Waals surface area contributed by atoms with Gasteiger partial charge in [0.25, 0.3) is 0 Å². The van der Waals surface area contributed by atoms with Gasteiger partial charge in [0.15, 0.2) is 0 Å². The van der Waals surface area contributed by atoms with Gasteiger partial charge in [-0.15, -0.1) is 0 Å². The topological polar surface area (TPSA) is 18.5 Å². The van der Waals surface area contributed by atoms with Gasteiger partial charge in [0.2, 0.25) is 0 Å². The quantitative estimate of drug-likeness (QED) is 0.761. The highest BCUT2D eigenvalue weighted by Gasteiger charge is 2.49. The molecule has 0 unspecified atom stereocenters. The van der Waals surface area contributed by atoms with Crippen LogP contribution in [-0.4, -0.2) is 18.3 Å². The second kappa shape index (κ2) is 4.73. The van der Waals surface area contributed by atoms with Gasteiger partial charge in [-0.3, -0.25) is 0 Å². The van der Waals surface area contributed by atoms with Crippen LogP contribution in [0.25, 0.3) is 6.08 Å². The van der Waals surface area contributed by atoms with Crippen molar-refractivity contribution in [2.75, 3.05) is 0 Å². The van der Waals surface area contributed by atoms with Crippen LogP contribution >= 0.6 is 0 Å². The summed E-state index contributed by atoms with van der Waals surface area (Å²) in [6.07, 6.45) is 1.54. The Balaban J connectivity index is 2.13. The first kappa shape index (κ1) is 14.2. The zero-order valence-electron chi connectivity index (χ0n) is 11.5. The molecule has 0 saturated carbocycles. The molecule has 0 spiro atoms. The first-order valence-electron chi connectivity index (χ1n) is 6.20. The number of halogens is 2. The molecule has 1 aromatic rings. The van der Waals surface area contributed by atoms with E-state index < -0.39 is 30.0 Å². The van der Waals surface area contributed by atoms with E-state index in [0.717, 1.165) is 6.07 Å². The molecule has 1 saturated heterocycles. The summed E-state index contributed by atoms with van der Waals surface area (Å²) in [4.78, 5) is 0. The van der Waals surface area contributed by atoms with Gasteiger partial charge in [0.1, 0.15) is 11.6 Å². The standard InChI is InChI=1S/C14H17BF2O2/c1-13(2)14(3,4)19-15(18-13)8-7-10-5-6-11(16)9-12(10)17/h5-9H,1-4H3/b8-7+. The van der Waals surface area contributed by atoms with E-state index in [1.807, 2.05) is 27.7 Å². The van der Waals surface area contributed by atoms with Gasteiger partial charge in [0, 0.05) is 11.6 Å². The van der Waals surface area contributed by atoms with E-state index in [1.165, 1.54) is 18.2 Å². The zero-order valence-corrected chi connectivity index (χ0v) is 11.5. The summed E-state index contributed by atoms with van der Waals surface area (Å²) < 4.78 is 37.7. The third-order valence-electron chi connectivity index (χ3n) is 3.67. The van der Waals surface area contributed by atoms with Crippen LogP contribution < -0.4 is 0 Å². The molecule has 5 heteroatoms. The summed E-state index contributed by atoms with van der Waals surface area (Å²) in [7, 11) is -0.533. The van der Waals surface area contributed by atoms with Crippen molar-refractivity contribution in [3.63, 3.8) is 0 Å². The van der Waals surface area contributed by atoms with Gasteiger partial charge in [-0.1, -0.05) is 12.1 Å². The fraction of sp³-hybridized carbons (Fsp3) is 0.429. The van der Waals surface area contributed by atoms with Gasteiger partial charge >= 0.3 is 7.12 Å².